The van der Waals surface area contributed by atoms with Gasteiger partial charge in [0.2, 0.25) is 0 Å². The van der Waals surface area contributed by atoms with Gasteiger partial charge in [0.05, 0.1) is 11.4 Å². The molecule has 0 fully saturated rings. The second-order valence-corrected chi connectivity index (χ2v) is 3.80. The third-order valence-electron chi connectivity index (χ3n) is 2.52. The standard InChI is InChI=1S/C13H16N2/c1-3-4-12-9-10-15(14-12)13-7-5-11(2)6-8-13/h3-8H,9-10H2,1-2H3/b4-3+. The molecule has 1 aromatic carbocycles. The highest BCUT2D eigenvalue weighted by Gasteiger charge is 2.13. The minimum absolute atomic E-state index is 0.989. The van der Waals surface area contributed by atoms with Crippen molar-refractivity contribution >= 4 is 11.4 Å². The Kier molecular flexibility index (Phi) is 2.86. The number of allylic oxidation sites excluding steroid dienone is 2. The van der Waals surface area contributed by atoms with Crippen LogP contribution in [0.15, 0.2) is 41.5 Å². The van der Waals surface area contributed by atoms with Crippen LogP contribution >= 0.6 is 0 Å². The van der Waals surface area contributed by atoms with E-state index in [-0.39, 0.29) is 0 Å². The van der Waals surface area contributed by atoms with Crippen molar-refractivity contribution in [2.45, 2.75) is 20.3 Å². The van der Waals surface area contributed by atoms with Crippen LogP contribution in [0.3, 0.4) is 0 Å². The van der Waals surface area contributed by atoms with E-state index >= 15 is 0 Å². The number of benzene rings is 1. The molecular weight excluding hydrogens is 184 g/mol. The monoisotopic (exact) mass is 200 g/mol. The first-order chi connectivity index (χ1) is 7.29. The van der Waals surface area contributed by atoms with Crippen molar-refractivity contribution in [3.63, 3.8) is 0 Å². The maximum absolute atomic E-state index is 4.54. The molecule has 2 rings (SSSR count). The summed E-state index contributed by atoms with van der Waals surface area (Å²) in [5, 5.41) is 6.61. The summed E-state index contributed by atoms with van der Waals surface area (Å²) < 4.78 is 0. The maximum atomic E-state index is 4.54. The molecule has 2 nitrogen and oxygen atoms in total. The first-order valence-electron chi connectivity index (χ1n) is 5.34. The van der Waals surface area contributed by atoms with Gasteiger partial charge in [-0.3, -0.25) is 5.01 Å². The van der Waals surface area contributed by atoms with E-state index in [0.717, 1.165) is 18.7 Å². The summed E-state index contributed by atoms with van der Waals surface area (Å²) in [5.41, 5.74) is 3.63. The highest BCUT2D eigenvalue weighted by molar-refractivity contribution is 5.97. The van der Waals surface area contributed by atoms with Crippen LogP contribution in [0.5, 0.6) is 0 Å². The lowest BCUT2D eigenvalue weighted by Gasteiger charge is -2.13. The number of hydrazone groups is 1. The van der Waals surface area contributed by atoms with Crippen molar-refractivity contribution in [3.8, 4) is 0 Å². The van der Waals surface area contributed by atoms with E-state index in [9.17, 15) is 0 Å². The quantitative estimate of drug-likeness (QED) is 0.716. The zero-order valence-corrected chi connectivity index (χ0v) is 9.27. The molecule has 0 atom stereocenters. The van der Waals surface area contributed by atoms with Gasteiger partial charge in [-0.1, -0.05) is 23.8 Å². The molecule has 0 spiro atoms. The molecule has 78 valence electrons. The van der Waals surface area contributed by atoms with Gasteiger partial charge in [-0.15, -0.1) is 0 Å². The number of nitrogens with zero attached hydrogens (tertiary/aromatic N) is 2. The second kappa shape index (κ2) is 4.30. The maximum Gasteiger partial charge on any atom is 0.0624 e. The van der Waals surface area contributed by atoms with Gasteiger partial charge in [0.15, 0.2) is 0 Å². The van der Waals surface area contributed by atoms with Crippen LogP contribution < -0.4 is 5.01 Å². The van der Waals surface area contributed by atoms with E-state index in [1.807, 2.05) is 13.0 Å². The van der Waals surface area contributed by atoms with Crippen LogP contribution in [-0.4, -0.2) is 12.3 Å². The molecular formula is C13H16N2. The number of rotatable bonds is 2. The Morgan fingerprint density at radius 1 is 1.27 bits per heavy atom. The molecule has 0 bridgehead atoms. The minimum Gasteiger partial charge on any atom is -0.265 e. The van der Waals surface area contributed by atoms with Crippen molar-refractivity contribution in [1.82, 2.24) is 0 Å². The third-order valence-corrected chi connectivity index (χ3v) is 2.52. The molecule has 0 aromatic heterocycles. The molecule has 0 saturated heterocycles. The number of hydrogen-bond donors (Lipinski definition) is 0. The summed E-state index contributed by atoms with van der Waals surface area (Å²) in [6.45, 7) is 5.11. The Morgan fingerprint density at radius 3 is 2.67 bits per heavy atom. The van der Waals surface area contributed by atoms with Gasteiger partial charge in [0, 0.05) is 13.0 Å². The van der Waals surface area contributed by atoms with Gasteiger partial charge in [-0.2, -0.15) is 5.10 Å². The van der Waals surface area contributed by atoms with Gasteiger partial charge < -0.3 is 0 Å². The molecule has 0 saturated carbocycles. The van der Waals surface area contributed by atoms with Gasteiger partial charge in [-0.05, 0) is 32.1 Å². The fourth-order valence-corrected chi connectivity index (χ4v) is 1.69. The molecule has 0 aliphatic carbocycles. The Morgan fingerprint density at radius 2 is 2.00 bits per heavy atom. The first kappa shape index (κ1) is 9.97. The molecule has 2 heteroatoms. The van der Waals surface area contributed by atoms with E-state index in [1.165, 1.54) is 11.3 Å². The van der Waals surface area contributed by atoms with E-state index < -0.39 is 0 Å². The highest BCUT2D eigenvalue weighted by atomic mass is 15.5. The first-order valence-corrected chi connectivity index (χ1v) is 5.34. The van der Waals surface area contributed by atoms with Crippen molar-refractivity contribution in [2.75, 3.05) is 11.6 Å². The van der Waals surface area contributed by atoms with Gasteiger partial charge in [-0.25, -0.2) is 0 Å². The Labute approximate surface area is 90.9 Å². The summed E-state index contributed by atoms with van der Waals surface area (Å²) in [6, 6.07) is 8.49. The summed E-state index contributed by atoms with van der Waals surface area (Å²) in [7, 11) is 0. The average molecular weight is 200 g/mol. The lowest BCUT2D eigenvalue weighted by atomic mass is 10.2. The molecule has 0 amide bonds. The van der Waals surface area contributed by atoms with Crippen molar-refractivity contribution < 1.29 is 0 Å². The number of hydrogen-bond acceptors (Lipinski definition) is 2. The molecule has 1 aliphatic heterocycles. The Bertz CT molecular complexity index is 388. The van der Waals surface area contributed by atoms with Crippen molar-refractivity contribution in [1.29, 1.82) is 0 Å². The normalized spacial score (nSPS) is 16.1. The Balaban J connectivity index is 2.16. The van der Waals surface area contributed by atoms with Gasteiger partial charge in [0.1, 0.15) is 0 Å². The van der Waals surface area contributed by atoms with E-state index in [2.05, 4.69) is 47.4 Å². The SMILES string of the molecule is C/C=C/C1=NN(c2ccc(C)cc2)CC1. The summed E-state index contributed by atoms with van der Waals surface area (Å²) in [4.78, 5) is 0. The van der Waals surface area contributed by atoms with Crippen LogP contribution in [0.2, 0.25) is 0 Å². The molecule has 0 N–H and O–H groups in total. The average Bonchev–Trinajstić information content (AvgIpc) is 2.68. The third kappa shape index (κ3) is 2.27. The van der Waals surface area contributed by atoms with Crippen LogP contribution in [-0.2, 0) is 0 Å². The topological polar surface area (TPSA) is 15.6 Å². The van der Waals surface area contributed by atoms with Crippen LogP contribution in [0.1, 0.15) is 18.9 Å². The largest absolute Gasteiger partial charge is 0.265 e. The lowest BCUT2D eigenvalue weighted by molar-refractivity contribution is 0.921. The predicted octanol–water partition coefficient (Wildman–Crippen LogP) is 3.14. The minimum atomic E-state index is 0.989. The summed E-state index contributed by atoms with van der Waals surface area (Å²) >= 11 is 0. The lowest BCUT2D eigenvalue weighted by Crippen LogP contribution is -2.11. The van der Waals surface area contributed by atoms with E-state index in [4.69, 9.17) is 0 Å². The molecule has 0 unspecified atom stereocenters. The number of aryl methyl sites for hydroxylation is 1. The molecule has 1 aromatic rings. The molecule has 0 radical (unpaired) electrons. The summed E-state index contributed by atoms with van der Waals surface area (Å²) in [5.74, 6) is 0. The van der Waals surface area contributed by atoms with Crippen molar-refractivity contribution in [3.05, 3.63) is 42.0 Å². The molecule has 1 aliphatic rings. The zero-order valence-electron chi connectivity index (χ0n) is 9.27. The van der Waals surface area contributed by atoms with Gasteiger partial charge in [0.25, 0.3) is 0 Å². The van der Waals surface area contributed by atoms with E-state index in [0.29, 0.717) is 0 Å². The molecule has 15 heavy (non-hydrogen) atoms. The highest BCUT2D eigenvalue weighted by Crippen LogP contribution is 2.19. The summed E-state index contributed by atoms with van der Waals surface area (Å²) in [6.07, 6.45) is 5.16. The smallest absolute Gasteiger partial charge is 0.0624 e. The van der Waals surface area contributed by atoms with Crippen LogP contribution in [0.4, 0.5) is 5.69 Å². The fourth-order valence-electron chi connectivity index (χ4n) is 1.69. The number of anilines is 1. The molecule has 1 heterocycles. The second-order valence-electron chi connectivity index (χ2n) is 3.80. The van der Waals surface area contributed by atoms with Gasteiger partial charge >= 0.3 is 0 Å². The van der Waals surface area contributed by atoms with E-state index in [1.54, 1.807) is 0 Å². The predicted molar refractivity (Wildman–Crippen MR) is 65.4 cm³/mol. The van der Waals surface area contributed by atoms with Crippen LogP contribution in [0, 0.1) is 6.92 Å². The fraction of sp³-hybridized carbons (Fsp3) is 0.308. The van der Waals surface area contributed by atoms with Crippen LogP contribution in [0.25, 0.3) is 0 Å². The Hall–Kier alpha value is -1.57. The zero-order chi connectivity index (χ0) is 10.7. The van der Waals surface area contributed by atoms with Crippen molar-refractivity contribution in [2.24, 2.45) is 5.10 Å².